The molecule has 1 aromatic carbocycles. The maximum Gasteiger partial charge on any atom is 0.120 e. The van der Waals surface area contributed by atoms with Crippen LogP contribution in [-0.2, 0) is 0 Å². The highest BCUT2D eigenvalue weighted by Crippen LogP contribution is 2.15. The Kier molecular flexibility index (Phi) is 8.42. The van der Waals surface area contributed by atoms with E-state index in [1.807, 2.05) is 18.2 Å². The van der Waals surface area contributed by atoms with E-state index in [9.17, 15) is 0 Å². The largest absolute Gasteiger partial charge is 0.494 e. The van der Waals surface area contributed by atoms with Gasteiger partial charge in [0.1, 0.15) is 5.75 Å². The topological polar surface area (TPSA) is 58.0 Å². The summed E-state index contributed by atoms with van der Waals surface area (Å²) in [6, 6.07) is 8.09. The molecular weight excluding hydrogens is 341 g/mol. The Balaban J connectivity index is 1.97. The van der Waals surface area contributed by atoms with E-state index in [1.165, 1.54) is 16.4 Å². The minimum absolute atomic E-state index is 0.620. The lowest BCUT2D eigenvalue weighted by Crippen LogP contribution is -1.97. The van der Waals surface area contributed by atoms with E-state index in [4.69, 9.17) is 10.3 Å². The Morgan fingerprint density at radius 3 is 2.72 bits per heavy atom. The van der Waals surface area contributed by atoms with Crippen molar-refractivity contribution < 1.29 is 4.74 Å². The number of rotatable bonds is 9. The third-order valence-electron chi connectivity index (χ3n) is 2.53. The molecule has 0 aliphatic rings. The van der Waals surface area contributed by atoms with Crippen molar-refractivity contribution in [3.8, 4) is 5.75 Å². The first-order valence-electron chi connectivity index (χ1n) is 6.22. The summed E-state index contributed by atoms with van der Waals surface area (Å²) in [4.78, 5) is 2.73. The van der Waals surface area contributed by atoms with Crippen molar-refractivity contribution >= 4 is 22.6 Å². The molecule has 0 atom stereocenters. The molecule has 1 aromatic rings. The van der Waals surface area contributed by atoms with Crippen LogP contribution < -0.4 is 4.74 Å². The smallest absolute Gasteiger partial charge is 0.120 e. The lowest BCUT2D eigenvalue weighted by molar-refractivity contribution is 0.304. The highest BCUT2D eigenvalue weighted by Gasteiger charge is 1.95. The van der Waals surface area contributed by atoms with Gasteiger partial charge in [-0.05, 0) is 59.2 Å². The monoisotopic (exact) mass is 359 g/mol. The fourth-order valence-electron chi connectivity index (χ4n) is 1.61. The lowest BCUT2D eigenvalue weighted by Gasteiger charge is -2.06. The zero-order valence-corrected chi connectivity index (χ0v) is 12.5. The fourth-order valence-corrected chi connectivity index (χ4v) is 2.12. The van der Waals surface area contributed by atoms with Crippen LogP contribution in [0.5, 0.6) is 5.75 Å². The van der Waals surface area contributed by atoms with Gasteiger partial charge >= 0.3 is 0 Å². The number of unbranched alkanes of at least 4 members (excludes halogenated alkanes) is 4. The van der Waals surface area contributed by atoms with Crippen molar-refractivity contribution in [2.75, 3.05) is 13.2 Å². The van der Waals surface area contributed by atoms with Crippen molar-refractivity contribution in [2.24, 2.45) is 5.11 Å². The second kappa shape index (κ2) is 10.0. The first kappa shape index (κ1) is 15.1. The summed E-state index contributed by atoms with van der Waals surface area (Å²) in [6.07, 6.45) is 5.54. The Morgan fingerprint density at radius 2 is 1.94 bits per heavy atom. The van der Waals surface area contributed by atoms with Crippen LogP contribution in [0.2, 0.25) is 0 Å². The van der Waals surface area contributed by atoms with Gasteiger partial charge in [-0.2, -0.15) is 0 Å². The van der Waals surface area contributed by atoms with Gasteiger partial charge < -0.3 is 4.74 Å². The quantitative estimate of drug-likeness (QED) is 0.203. The van der Waals surface area contributed by atoms with Gasteiger partial charge in [0.05, 0.1) is 6.61 Å². The summed E-state index contributed by atoms with van der Waals surface area (Å²) in [5.74, 6) is 0.949. The van der Waals surface area contributed by atoms with Gasteiger partial charge in [-0.1, -0.05) is 30.4 Å². The molecule has 1 rings (SSSR count). The normalized spacial score (nSPS) is 9.83. The molecule has 0 spiro atoms. The van der Waals surface area contributed by atoms with E-state index in [-0.39, 0.29) is 0 Å². The molecule has 18 heavy (non-hydrogen) atoms. The second-order valence-electron chi connectivity index (χ2n) is 4.03. The molecule has 0 saturated heterocycles. The minimum atomic E-state index is 0.620. The molecule has 0 heterocycles. The van der Waals surface area contributed by atoms with Gasteiger partial charge in [-0.25, -0.2) is 0 Å². The van der Waals surface area contributed by atoms with Crippen molar-refractivity contribution in [1.82, 2.24) is 0 Å². The van der Waals surface area contributed by atoms with Crippen LogP contribution in [0, 0.1) is 3.57 Å². The maximum absolute atomic E-state index is 8.11. The van der Waals surface area contributed by atoms with E-state index in [1.54, 1.807) is 0 Å². The van der Waals surface area contributed by atoms with Crippen LogP contribution in [0.4, 0.5) is 0 Å². The third-order valence-corrected chi connectivity index (χ3v) is 3.20. The number of benzene rings is 1. The number of nitrogens with zero attached hydrogens (tertiary/aromatic N) is 3. The van der Waals surface area contributed by atoms with Gasteiger partial charge in [0.2, 0.25) is 0 Å². The van der Waals surface area contributed by atoms with Gasteiger partial charge in [-0.15, -0.1) is 0 Å². The number of azide groups is 1. The molecule has 0 saturated carbocycles. The molecule has 98 valence electrons. The summed E-state index contributed by atoms with van der Waals surface area (Å²) in [5.41, 5.74) is 8.11. The van der Waals surface area contributed by atoms with E-state index in [2.05, 4.69) is 38.7 Å². The van der Waals surface area contributed by atoms with Crippen LogP contribution in [0.25, 0.3) is 10.4 Å². The van der Waals surface area contributed by atoms with Crippen molar-refractivity contribution in [2.45, 2.75) is 32.1 Å². The predicted octanol–water partition coefficient (Wildman–Crippen LogP) is 4.93. The minimum Gasteiger partial charge on any atom is -0.494 e. The number of hydrogen-bond acceptors (Lipinski definition) is 2. The Labute approximate surface area is 121 Å². The van der Waals surface area contributed by atoms with Crippen molar-refractivity contribution in [3.05, 3.63) is 38.3 Å². The summed E-state index contributed by atoms with van der Waals surface area (Å²) in [5, 5.41) is 3.51. The molecular formula is C13H18IN3O. The van der Waals surface area contributed by atoms with E-state index in [0.717, 1.165) is 31.6 Å². The zero-order valence-electron chi connectivity index (χ0n) is 10.4. The Hall–Kier alpha value is -0.940. The van der Waals surface area contributed by atoms with Gasteiger partial charge in [0, 0.05) is 15.0 Å². The van der Waals surface area contributed by atoms with Crippen LogP contribution in [0.3, 0.4) is 0 Å². The van der Waals surface area contributed by atoms with Crippen LogP contribution >= 0.6 is 22.6 Å². The van der Waals surface area contributed by atoms with E-state index in [0.29, 0.717) is 6.54 Å². The molecule has 5 heteroatoms. The molecule has 0 unspecified atom stereocenters. The maximum atomic E-state index is 8.11. The third kappa shape index (κ3) is 7.40. The van der Waals surface area contributed by atoms with Crippen LogP contribution in [0.15, 0.2) is 29.4 Å². The number of hydrogen-bond donors (Lipinski definition) is 0. The predicted molar refractivity (Wildman–Crippen MR) is 81.8 cm³/mol. The van der Waals surface area contributed by atoms with Crippen molar-refractivity contribution in [1.29, 1.82) is 0 Å². The molecule has 0 bridgehead atoms. The Bertz CT molecular complexity index is 392. The Morgan fingerprint density at radius 1 is 1.17 bits per heavy atom. The lowest BCUT2D eigenvalue weighted by atomic mass is 10.1. The number of halogens is 1. The highest BCUT2D eigenvalue weighted by atomic mass is 127. The first-order chi connectivity index (χ1) is 8.83. The molecule has 4 nitrogen and oxygen atoms in total. The zero-order chi connectivity index (χ0) is 13.1. The molecule has 0 radical (unpaired) electrons. The molecule has 0 aromatic heterocycles. The van der Waals surface area contributed by atoms with Gasteiger partial charge in [0.15, 0.2) is 0 Å². The van der Waals surface area contributed by atoms with E-state index >= 15 is 0 Å². The molecule has 0 N–H and O–H groups in total. The number of ether oxygens (including phenoxy) is 1. The average Bonchev–Trinajstić information content (AvgIpc) is 2.37. The molecule has 0 aliphatic carbocycles. The van der Waals surface area contributed by atoms with Crippen LogP contribution in [0.1, 0.15) is 32.1 Å². The molecule has 0 amide bonds. The fraction of sp³-hybridized carbons (Fsp3) is 0.538. The molecule has 0 fully saturated rings. The molecule has 0 aliphatic heterocycles. The van der Waals surface area contributed by atoms with Crippen LogP contribution in [-0.4, -0.2) is 13.2 Å². The summed E-state index contributed by atoms with van der Waals surface area (Å²) in [7, 11) is 0. The standard InChI is InChI=1S/C13H18IN3O/c14-12-7-6-8-13(11-12)18-10-5-3-1-2-4-9-16-17-15/h6-8,11H,1-5,9-10H2. The second-order valence-corrected chi connectivity index (χ2v) is 5.27. The summed E-state index contributed by atoms with van der Waals surface area (Å²) in [6.45, 7) is 1.39. The van der Waals surface area contributed by atoms with Gasteiger partial charge in [-0.3, -0.25) is 0 Å². The highest BCUT2D eigenvalue weighted by molar-refractivity contribution is 14.1. The van der Waals surface area contributed by atoms with Gasteiger partial charge in [0.25, 0.3) is 0 Å². The average molecular weight is 359 g/mol. The van der Waals surface area contributed by atoms with E-state index < -0.39 is 0 Å². The first-order valence-corrected chi connectivity index (χ1v) is 7.30. The van der Waals surface area contributed by atoms with Crippen molar-refractivity contribution in [3.63, 3.8) is 0 Å². The summed E-state index contributed by atoms with van der Waals surface area (Å²) >= 11 is 2.28. The SMILES string of the molecule is [N-]=[N+]=NCCCCCCCOc1cccc(I)c1. The summed E-state index contributed by atoms with van der Waals surface area (Å²) < 4.78 is 6.86.